The summed E-state index contributed by atoms with van der Waals surface area (Å²) < 4.78 is 44.9. The van der Waals surface area contributed by atoms with Gasteiger partial charge in [-0.05, 0) is 13.0 Å². The first-order chi connectivity index (χ1) is 8.78. The Hall–Kier alpha value is -2.50. The Labute approximate surface area is 105 Å². The van der Waals surface area contributed by atoms with Crippen LogP contribution in [0.25, 0.3) is 0 Å². The summed E-state index contributed by atoms with van der Waals surface area (Å²) in [5, 5.41) is 8.71. The van der Waals surface area contributed by atoms with Crippen LogP contribution in [0.3, 0.4) is 0 Å². The van der Waals surface area contributed by atoms with Gasteiger partial charge in [0.1, 0.15) is 17.5 Å². The van der Waals surface area contributed by atoms with Crippen LogP contribution in [0.4, 0.5) is 19.0 Å². The maximum absolute atomic E-state index is 12.2. The Morgan fingerprint density at radius 2 is 2.21 bits per heavy atom. The monoisotopic (exact) mass is 275 g/mol. The molecule has 1 aromatic rings. The van der Waals surface area contributed by atoms with Crippen molar-refractivity contribution < 1.29 is 27.4 Å². The number of hydrogen-bond acceptors (Lipinski definition) is 6. The predicted octanol–water partition coefficient (Wildman–Crippen LogP) is 1.61. The lowest BCUT2D eigenvalue weighted by atomic mass is 10.2. The van der Waals surface area contributed by atoms with Gasteiger partial charge in [0.05, 0.1) is 6.61 Å². The van der Waals surface area contributed by atoms with E-state index in [2.05, 4.69) is 14.5 Å². The second-order valence-electron chi connectivity index (χ2n) is 3.15. The number of nitrogens with two attached hydrogens (primary N) is 1. The highest BCUT2D eigenvalue weighted by molar-refractivity contribution is 5.94. The van der Waals surface area contributed by atoms with Gasteiger partial charge in [-0.15, -0.1) is 13.2 Å². The third-order valence-electron chi connectivity index (χ3n) is 1.81. The zero-order valence-electron chi connectivity index (χ0n) is 9.61. The van der Waals surface area contributed by atoms with Gasteiger partial charge < -0.3 is 15.2 Å². The van der Waals surface area contributed by atoms with Crippen molar-refractivity contribution in [1.29, 1.82) is 5.26 Å². The molecule has 1 aromatic heterocycles. The summed E-state index contributed by atoms with van der Waals surface area (Å²) in [4.78, 5) is 14.9. The molecule has 0 saturated carbocycles. The van der Waals surface area contributed by atoms with Crippen LogP contribution in [0.2, 0.25) is 0 Å². The van der Waals surface area contributed by atoms with E-state index in [4.69, 9.17) is 11.0 Å². The minimum atomic E-state index is -5.08. The molecule has 9 heteroatoms. The lowest BCUT2D eigenvalue weighted by Crippen LogP contribution is -2.21. The van der Waals surface area contributed by atoms with E-state index in [-0.39, 0.29) is 12.4 Å². The number of anilines is 1. The molecule has 6 nitrogen and oxygen atoms in total. The molecule has 0 spiro atoms. The fourth-order valence-corrected chi connectivity index (χ4v) is 1.21. The Bertz CT molecular complexity index is 537. The Morgan fingerprint density at radius 3 is 2.68 bits per heavy atom. The molecular weight excluding hydrogens is 267 g/mol. The Kier molecular flexibility index (Phi) is 4.16. The molecule has 0 saturated heterocycles. The summed E-state index contributed by atoms with van der Waals surface area (Å²) in [6.07, 6.45) is -5.08. The molecule has 19 heavy (non-hydrogen) atoms. The molecule has 2 N–H and O–H groups in total. The Balaban J connectivity index is 3.38. The van der Waals surface area contributed by atoms with Gasteiger partial charge in [0, 0.05) is 0 Å². The van der Waals surface area contributed by atoms with Crippen LogP contribution in [-0.2, 0) is 4.74 Å². The number of pyridine rings is 1. The second kappa shape index (κ2) is 5.43. The van der Waals surface area contributed by atoms with E-state index >= 15 is 0 Å². The fourth-order valence-electron chi connectivity index (χ4n) is 1.21. The highest BCUT2D eigenvalue weighted by atomic mass is 19.4. The highest BCUT2D eigenvalue weighted by Gasteiger charge is 2.35. The molecule has 0 aliphatic rings. The first-order valence-electron chi connectivity index (χ1n) is 4.92. The van der Waals surface area contributed by atoms with Crippen molar-refractivity contribution >= 4 is 11.8 Å². The normalized spacial score (nSPS) is 10.7. The molecule has 1 rings (SSSR count). The van der Waals surface area contributed by atoms with Crippen molar-refractivity contribution in [2.75, 3.05) is 12.3 Å². The van der Waals surface area contributed by atoms with E-state index < -0.39 is 29.3 Å². The molecule has 0 fully saturated rings. The summed E-state index contributed by atoms with van der Waals surface area (Å²) in [5.41, 5.74) is 3.94. The largest absolute Gasteiger partial charge is 0.573 e. The number of carbonyl (C=O) groups excluding carboxylic acids is 1. The number of nitriles is 1. The number of ether oxygens (including phenoxy) is 2. The maximum Gasteiger partial charge on any atom is 0.573 e. The van der Waals surface area contributed by atoms with Gasteiger partial charge in [-0.3, -0.25) is 0 Å². The van der Waals surface area contributed by atoms with Gasteiger partial charge in [0.15, 0.2) is 11.4 Å². The van der Waals surface area contributed by atoms with Crippen molar-refractivity contribution in [2.24, 2.45) is 0 Å². The number of halogens is 3. The number of carbonyl (C=O) groups is 1. The average Bonchev–Trinajstić information content (AvgIpc) is 2.29. The highest BCUT2D eigenvalue weighted by Crippen LogP contribution is 2.30. The van der Waals surface area contributed by atoms with Gasteiger partial charge in [0.25, 0.3) is 0 Å². The quantitative estimate of drug-likeness (QED) is 0.841. The molecule has 0 amide bonds. The van der Waals surface area contributed by atoms with Gasteiger partial charge in [-0.1, -0.05) is 0 Å². The van der Waals surface area contributed by atoms with Crippen molar-refractivity contribution in [3.8, 4) is 11.8 Å². The molecule has 0 radical (unpaired) electrons. The van der Waals surface area contributed by atoms with E-state index in [1.807, 2.05) is 0 Å². The summed E-state index contributed by atoms with van der Waals surface area (Å²) >= 11 is 0. The molecule has 0 aliphatic heterocycles. The smallest absolute Gasteiger partial charge is 0.462 e. The Morgan fingerprint density at radius 1 is 1.58 bits per heavy atom. The lowest BCUT2D eigenvalue weighted by Gasteiger charge is -2.13. The number of nitrogens with zero attached hydrogens (tertiary/aromatic N) is 2. The zero-order chi connectivity index (χ0) is 14.6. The van der Waals surface area contributed by atoms with Crippen molar-refractivity contribution in [3.63, 3.8) is 0 Å². The third kappa shape index (κ3) is 3.74. The zero-order valence-corrected chi connectivity index (χ0v) is 9.61. The van der Waals surface area contributed by atoms with Crippen LogP contribution in [0.1, 0.15) is 23.0 Å². The molecule has 1 heterocycles. The predicted molar refractivity (Wildman–Crippen MR) is 56.0 cm³/mol. The minimum absolute atomic E-state index is 0.0611. The summed E-state index contributed by atoms with van der Waals surface area (Å²) in [6, 6.07) is 2.22. The second-order valence-corrected chi connectivity index (χ2v) is 3.15. The van der Waals surface area contributed by atoms with E-state index in [0.29, 0.717) is 0 Å². The maximum atomic E-state index is 12.2. The van der Waals surface area contributed by atoms with E-state index in [1.165, 1.54) is 13.0 Å². The van der Waals surface area contributed by atoms with Crippen molar-refractivity contribution in [1.82, 2.24) is 4.98 Å². The van der Waals surface area contributed by atoms with Crippen LogP contribution in [-0.4, -0.2) is 23.9 Å². The third-order valence-corrected chi connectivity index (χ3v) is 1.81. The van der Waals surface area contributed by atoms with Crippen LogP contribution >= 0.6 is 0 Å². The summed E-state index contributed by atoms with van der Waals surface area (Å²) in [5.74, 6) is -2.41. The first kappa shape index (κ1) is 14.6. The fraction of sp³-hybridized carbons (Fsp3) is 0.300. The molecular formula is C10H8F3N3O3. The van der Waals surface area contributed by atoms with Crippen LogP contribution < -0.4 is 10.5 Å². The molecule has 0 atom stereocenters. The topological polar surface area (TPSA) is 98.2 Å². The molecule has 0 unspecified atom stereocenters. The standard InChI is InChI=1S/C10H8F3N3O3/c1-2-18-9(17)5-3-7(15)16-6(4-14)8(5)19-10(11,12)13/h3H,2H2,1H3,(H2,15,16). The van der Waals surface area contributed by atoms with Gasteiger partial charge >= 0.3 is 12.3 Å². The summed E-state index contributed by atoms with van der Waals surface area (Å²) in [6.45, 7) is 1.41. The van der Waals surface area contributed by atoms with E-state index in [1.54, 1.807) is 0 Å². The number of esters is 1. The van der Waals surface area contributed by atoms with E-state index in [9.17, 15) is 18.0 Å². The molecule has 0 aromatic carbocycles. The first-order valence-corrected chi connectivity index (χ1v) is 4.92. The van der Waals surface area contributed by atoms with Crippen molar-refractivity contribution in [2.45, 2.75) is 13.3 Å². The molecule has 102 valence electrons. The van der Waals surface area contributed by atoms with E-state index in [0.717, 1.165) is 6.07 Å². The lowest BCUT2D eigenvalue weighted by molar-refractivity contribution is -0.274. The molecule has 0 bridgehead atoms. The van der Waals surface area contributed by atoms with Crippen LogP contribution in [0, 0.1) is 11.3 Å². The molecule has 0 aliphatic carbocycles. The number of aromatic nitrogens is 1. The van der Waals surface area contributed by atoms with Crippen molar-refractivity contribution in [3.05, 3.63) is 17.3 Å². The minimum Gasteiger partial charge on any atom is -0.462 e. The summed E-state index contributed by atoms with van der Waals surface area (Å²) in [7, 11) is 0. The van der Waals surface area contributed by atoms with Gasteiger partial charge in [0.2, 0.25) is 0 Å². The SMILES string of the molecule is CCOC(=O)c1cc(N)nc(C#N)c1OC(F)(F)F. The number of rotatable bonds is 3. The number of hydrogen-bond donors (Lipinski definition) is 1. The van der Waals surface area contributed by atoms with Gasteiger partial charge in [-0.25, -0.2) is 9.78 Å². The number of alkyl halides is 3. The van der Waals surface area contributed by atoms with Gasteiger partial charge in [-0.2, -0.15) is 5.26 Å². The number of nitrogen functional groups attached to an aromatic ring is 1. The van der Waals surface area contributed by atoms with Crippen LogP contribution in [0.5, 0.6) is 5.75 Å². The average molecular weight is 275 g/mol. The van der Waals surface area contributed by atoms with Crippen LogP contribution in [0.15, 0.2) is 6.07 Å².